The van der Waals surface area contributed by atoms with Crippen LogP contribution in [0.3, 0.4) is 0 Å². The van der Waals surface area contributed by atoms with Crippen LogP contribution in [-0.4, -0.2) is 29.4 Å². The van der Waals surface area contributed by atoms with Crippen LogP contribution >= 0.6 is 0 Å². The van der Waals surface area contributed by atoms with Gasteiger partial charge in [0.25, 0.3) is 0 Å². The molecule has 2 heterocycles. The summed E-state index contributed by atoms with van der Waals surface area (Å²) in [5.41, 5.74) is 0.220. The molecule has 2 aromatic rings. The van der Waals surface area contributed by atoms with Gasteiger partial charge in [-0.3, -0.25) is 0 Å². The number of rotatable bonds is 4. The summed E-state index contributed by atoms with van der Waals surface area (Å²) >= 11 is 0. The normalized spacial score (nSPS) is 18.0. The summed E-state index contributed by atoms with van der Waals surface area (Å²) in [7, 11) is -3.97. The molecule has 1 aliphatic heterocycles. The van der Waals surface area contributed by atoms with E-state index in [0.717, 1.165) is 18.2 Å². The molecule has 0 saturated carbocycles. The first-order valence-electron chi connectivity index (χ1n) is 7.81. The fourth-order valence-corrected chi connectivity index (χ4v) is 4.14. The van der Waals surface area contributed by atoms with Crippen molar-refractivity contribution in [1.29, 1.82) is 0 Å². The van der Waals surface area contributed by atoms with Gasteiger partial charge in [-0.1, -0.05) is 0 Å². The molecule has 26 heavy (non-hydrogen) atoms. The standard InChI is InChI=1S/C15H16F4N4O2S/c1-9-6-11(16)3-4-12(9)26(24,25)20-7-14-22-21-13-5-2-10(8-23(13)14)15(17,18)19/h3-4,6,10,20H,2,5,7-8H2,1H3/t10-/m0/s1. The van der Waals surface area contributed by atoms with Gasteiger partial charge in [-0.25, -0.2) is 17.5 Å². The molecular weight excluding hydrogens is 376 g/mol. The van der Waals surface area contributed by atoms with E-state index in [2.05, 4.69) is 14.9 Å². The van der Waals surface area contributed by atoms with Crippen LogP contribution in [0.15, 0.2) is 23.1 Å². The van der Waals surface area contributed by atoms with E-state index >= 15 is 0 Å². The van der Waals surface area contributed by atoms with Crippen molar-refractivity contribution in [2.45, 2.75) is 43.9 Å². The van der Waals surface area contributed by atoms with Gasteiger partial charge in [-0.15, -0.1) is 10.2 Å². The fourth-order valence-electron chi connectivity index (χ4n) is 2.93. The number of aryl methyl sites for hydroxylation is 2. The predicted octanol–water partition coefficient (Wildman–Crippen LogP) is 2.33. The lowest BCUT2D eigenvalue weighted by Crippen LogP contribution is -2.34. The van der Waals surface area contributed by atoms with Crippen LogP contribution in [0.5, 0.6) is 0 Å². The summed E-state index contributed by atoms with van der Waals surface area (Å²) in [4.78, 5) is -0.106. The molecule has 0 amide bonds. The van der Waals surface area contributed by atoms with Crippen LogP contribution in [0.25, 0.3) is 0 Å². The lowest BCUT2D eigenvalue weighted by Gasteiger charge is -2.26. The van der Waals surface area contributed by atoms with Crippen molar-refractivity contribution in [3.63, 3.8) is 0 Å². The van der Waals surface area contributed by atoms with Gasteiger partial charge in [0.15, 0.2) is 0 Å². The maximum Gasteiger partial charge on any atom is 0.393 e. The molecule has 1 aromatic carbocycles. The van der Waals surface area contributed by atoms with Crippen molar-refractivity contribution in [3.8, 4) is 0 Å². The van der Waals surface area contributed by atoms with Gasteiger partial charge in [0.05, 0.1) is 17.4 Å². The number of nitrogens with zero attached hydrogens (tertiary/aromatic N) is 3. The molecule has 0 fully saturated rings. The van der Waals surface area contributed by atoms with E-state index in [9.17, 15) is 26.0 Å². The molecule has 0 aliphatic carbocycles. The van der Waals surface area contributed by atoms with Gasteiger partial charge < -0.3 is 4.57 Å². The van der Waals surface area contributed by atoms with Crippen molar-refractivity contribution in [2.75, 3.05) is 0 Å². The van der Waals surface area contributed by atoms with Gasteiger partial charge in [-0.05, 0) is 37.1 Å². The first kappa shape index (κ1) is 18.8. The van der Waals surface area contributed by atoms with Crippen LogP contribution in [0.4, 0.5) is 17.6 Å². The Bertz CT molecular complexity index is 924. The summed E-state index contributed by atoms with van der Waals surface area (Å²) in [5.74, 6) is -1.57. The molecule has 1 atom stereocenters. The minimum atomic E-state index is -4.33. The number of benzene rings is 1. The summed E-state index contributed by atoms with van der Waals surface area (Å²) in [6.07, 6.45) is -4.27. The molecule has 1 aromatic heterocycles. The number of aromatic nitrogens is 3. The number of halogens is 4. The third-order valence-corrected chi connectivity index (χ3v) is 5.89. The van der Waals surface area contributed by atoms with Crippen LogP contribution in [0, 0.1) is 18.7 Å². The van der Waals surface area contributed by atoms with E-state index in [1.54, 1.807) is 0 Å². The second-order valence-electron chi connectivity index (χ2n) is 6.15. The molecule has 1 N–H and O–H groups in total. The quantitative estimate of drug-likeness (QED) is 0.811. The van der Waals surface area contributed by atoms with Crippen molar-refractivity contribution in [1.82, 2.24) is 19.5 Å². The number of alkyl halides is 3. The highest BCUT2D eigenvalue weighted by molar-refractivity contribution is 7.89. The third-order valence-electron chi connectivity index (χ3n) is 4.33. The molecular formula is C15H16F4N4O2S. The zero-order chi connectivity index (χ0) is 19.1. The molecule has 3 rings (SSSR count). The zero-order valence-electron chi connectivity index (χ0n) is 13.7. The lowest BCUT2D eigenvalue weighted by molar-refractivity contribution is -0.182. The summed E-state index contributed by atoms with van der Waals surface area (Å²) in [6, 6.07) is 3.24. The Labute approximate surface area is 147 Å². The topological polar surface area (TPSA) is 76.9 Å². The molecule has 0 saturated heterocycles. The zero-order valence-corrected chi connectivity index (χ0v) is 14.5. The van der Waals surface area contributed by atoms with Crippen molar-refractivity contribution >= 4 is 10.0 Å². The summed E-state index contributed by atoms with van der Waals surface area (Å²) in [6.45, 7) is 0.805. The maximum atomic E-state index is 13.1. The number of hydrogen-bond donors (Lipinski definition) is 1. The smallest absolute Gasteiger partial charge is 0.313 e. The van der Waals surface area contributed by atoms with Gasteiger partial charge in [-0.2, -0.15) is 13.2 Å². The van der Waals surface area contributed by atoms with Gasteiger partial charge in [0.1, 0.15) is 17.5 Å². The van der Waals surface area contributed by atoms with Crippen molar-refractivity contribution in [2.24, 2.45) is 5.92 Å². The highest BCUT2D eigenvalue weighted by Crippen LogP contribution is 2.34. The van der Waals surface area contributed by atoms with E-state index in [0.29, 0.717) is 5.82 Å². The lowest BCUT2D eigenvalue weighted by atomic mass is 9.99. The Kier molecular flexibility index (Phi) is 4.78. The second-order valence-corrected chi connectivity index (χ2v) is 7.89. The minimum Gasteiger partial charge on any atom is -0.313 e. The third kappa shape index (κ3) is 3.73. The number of nitrogens with one attached hydrogen (secondary N) is 1. The molecule has 0 unspecified atom stereocenters. The van der Waals surface area contributed by atoms with Gasteiger partial charge in [0.2, 0.25) is 10.0 Å². The van der Waals surface area contributed by atoms with Gasteiger partial charge in [0, 0.05) is 13.0 Å². The van der Waals surface area contributed by atoms with Crippen LogP contribution in [0.1, 0.15) is 23.6 Å². The average Bonchev–Trinajstić information content (AvgIpc) is 2.94. The van der Waals surface area contributed by atoms with E-state index in [4.69, 9.17) is 0 Å². The molecule has 0 bridgehead atoms. The molecule has 1 aliphatic rings. The molecule has 11 heteroatoms. The summed E-state index contributed by atoms with van der Waals surface area (Å²) in [5, 5.41) is 7.64. The SMILES string of the molecule is Cc1cc(F)ccc1S(=O)(=O)NCc1nnc2n1C[C@@H](C(F)(F)F)CC2. The molecule has 6 nitrogen and oxygen atoms in total. The first-order chi connectivity index (χ1) is 12.1. The molecule has 0 spiro atoms. The Balaban J connectivity index is 1.78. The average molecular weight is 392 g/mol. The largest absolute Gasteiger partial charge is 0.393 e. The minimum absolute atomic E-state index is 0.0673. The van der Waals surface area contributed by atoms with E-state index in [1.807, 2.05) is 0 Å². The van der Waals surface area contributed by atoms with Crippen molar-refractivity contribution < 1.29 is 26.0 Å². The van der Waals surface area contributed by atoms with E-state index in [-0.39, 0.29) is 42.2 Å². The van der Waals surface area contributed by atoms with E-state index < -0.39 is 27.9 Å². The fraction of sp³-hybridized carbons (Fsp3) is 0.467. The van der Waals surface area contributed by atoms with Crippen LogP contribution in [0.2, 0.25) is 0 Å². The molecule has 0 radical (unpaired) electrons. The van der Waals surface area contributed by atoms with E-state index in [1.165, 1.54) is 11.5 Å². The van der Waals surface area contributed by atoms with Crippen molar-refractivity contribution in [3.05, 3.63) is 41.2 Å². The Morgan fingerprint density at radius 3 is 2.69 bits per heavy atom. The highest BCUT2D eigenvalue weighted by Gasteiger charge is 2.42. The van der Waals surface area contributed by atoms with Crippen LogP contribution < -0.4 is 4.72 Å². The monoisotopic (exact) mass is 392 g/mol. The van der Waals surface area contributed by atoms with Gasteiger partial charge >= 0.3 is 6.18 Å². The first-order valence-corrected chi connectivity index (χ1v) is 9.30. The highest BCUT2D eigenvalue weighted by atomic mass is 32.2. The summed E-state index contributed by atoms with van der Waals surface area (Å²) < 4.78 is 80.3. The molecule has 142 valence electrons. The van der Waals surface area contributed by atoms with Crippen LogP contribution in [-0.2, 0) is 29.5 Å². The maximum absolute atomic E-state index is 13.1. The number of sulfonamides is 1. The second kappa shape index (κ2) is 6.62. The number of fused-ring (bicyclic) bond motifs is 1. The Morgan fingerprint density at radius 1 is 1.31 bits per heavy atom. The number of hydrogen-bond acceptors (Lipinski definition) is 4. The predicted molar refractivity (Wildman–Crippen MR) is 83.1 cm³/mol. The Morgan fingerprint density at radius 2 is 2.04 bits per heavy atom. The Hall–Kier alpha value is -2.01.